The molecule has 1 aromatic carbocycles. The SMILES string of the molecule is O=C(Nc1ccncc1Br)NC1(c2c(F)cccc2F)CCC1. The molecule has 1 aliphatic carbocycles. The molecular formula is C16H14BrF2N3O. The van der Waals surface area contributed by atoms with E-state index in [1.165, 1.54) is 24.4 Å². The zero-order valence-corrected chi connectivity index (χ0v) is 13.7. The van der Waals surface area contributed by atoms with Crippen LogP contribution in [-0.4, -0.2) is 11.0 Å². The first-order chi connectivity index (χ1) is 11.0. The molecule has 2 amide bonds. The number of hydrogen-bond donors (Lipinski definition) is 2. The van der Waals surface area contributed by atoms with Crippen LogP contribution in [0.2, 0.25) is 0 Å². The van der Waals surface area contributed by atoms with E-state index in [1.54, 1.807) is 12.3 Å². The van der Waals surface area contributed by atoms with E-state index in [9.17, 15) is 13.6 Å². The van der Waals surface area contributed by atoms with Crippen molar-refractivity contribution < 1.29 is 13.6 Å². The maximum Gasteiger partial charge on any atom is 0.319 e. The van der Waals surface area contributed by atoms with Gasteiger partial charge in [0.2, 0.25) is 0 Å². The highest BCUT2D eigenvalue weighted by molar-refractivity contribution is 9.10. The summed E-state index contributed by atoms with van der Waals surface area (Å²) in [7, 11) is 0. The number of benzene rings is 1. The zero-order valence-electron chi connectivity index (χ0n) is 12.1. The van der Waals surface area contributed by atoms with Crippen molar-refractivity contribution in [3.8, 4) is 0 Å². The molecule has 4 nitrogen and oxygen atoms in total. The number of hydrogen-bond acceptors (Lipinski definition) is 2. The van der Waals surface area contributed by atoms with Crippen molar-refractivity contribution in [2.75, 3.05) is 5.32 Å². The molecule has 1 fully saturated rings. The van der Waals surface area contributed by atoms with Gasteiger partial charge in [-0.25, -0.2) is 13.6 Å². The van der Waals surface area contributed by atoms with Crippen molar-refractivity contribution in [1.82, 2.24) is 10.3 Å². The number of aromatic nitrogens is 1. The second-order valence-corrected chi connectivity index (χ2v) is 6.32. The molecule has 1 aromatic heterocycles. The number of urea groups is 1. The number of rotatable bonds is 3. The van der Waals surface area contributed by atoms with Gasteiger partial charge in [0.25, 0.3) is 0 Å². The molecule has 1 heterocycles. The van der Waals surface area contributed by atoms with E-state index >= 15 is 0 Å². The third-order valence-corrected chi connectivity index (χ3v) is 4.65. The van der Waals surface area contributed by atoms with Gasteiger partial charge >= 0.3 is 6.03 Å². The average Bonchev–Trinajstić information content (AvgIpc) is 2.46. The van der Waals surface area contributed by atoms with Crippen molar-refractivity contribution >= 4 is 27.6 Å². The molecule has 2 N–H and O–H groups in total. The second-order valence-electron chi connectivity index (χ2n) is 5.47. The first kappa shape index (κ1) is 15.9. The minimum absolute atomic E-state index is 0.0739. The quantitative estimate of drug-likeness (QED) is 0.831. The van der Waals surface area contributed by atoms with E-state index in [0.29, 0.717) is 23.0 Å². The summed E-state index contributed by atoms with van der Waals surface area (Å²) in [4.78, 5) is 16.2. The standard InChI is InChI=1S/C16H14BrF2N3O/c17-10-9-20-8-5-13(10)21-15(23)22-16(6-2-7-16)14-11(18)3-1-4-12(14)19/h1,3-5,8-9H,2,6-7H2,(H2,20,21,22,23). The van der Waals surface area contributed by atoms with E-state index in [4.69, 9.17) is 0 Å². The maximum absolute atomic E-state index is 14.1. The molecule has 0 saturated heterocycles. The van der Waals surface area contributed by atoms with Gasteiger partial charge in [-0.05, 0) is 53.4 Å². The normalized spacial score (nSPS) is 15.6. The molecule has 1 saturated carbocycles. The topological polar surface area (TPSA) is 54.0 Å². The molecule has 7 heteroatoms. The van der Waals surface area contributed by atoms with Gasteiger partial charge in [-0.2, -0.15) is 0 Å². The molecule has 0 aliphatic heterocycles. The summed E-state index contributed by atoms with van der Waals surface area (Å²) in [5.41, 5.74) is -0.546. The highest BCUT2D eigenvalue weighted by atomic mass is 79.9. The Morgan fingerprint density at radius 3 is 2.48 bits per heavy atom. The van der Waals surface area contributed by atoms with Crippen LogP contribution < -0.4 is 10.6 Å². The number of anilines is 1. The average molecular weight is 382 g/mol. The lowest BCUT2D eigenvalue weighted by Crippen LogP contribution is -2.53. The molecule has 0 unspecified atom stereocenters. The molecule has 23 heavy (non-hydrogen) atoms. The van der Waals surface area contributed by atoms with Crippen LogP contribution in [0, 0.1) is 11.6 Å². The molecule has 0 radical (unpaired) electrons. The van der Waals surface area contributed by atoms with Gasteiger partial charge in [0.05, 0.1) is 15.7 Å². The monoisotopic (exact) mass is 381 g/mol. The summed E-state index contributed by atoms with van der Waals surface area (Å²) in [5, 5.41) is 5.39. The Labute approximate surface area is 140 Å². The zero-order chi connectivity index (χ0) is 16.4. The minimum Gasteiger partial charge on any atom is -0.328 e. The van der Waals surface area contributed by atoms with Gasteiger partial charge in [0.1, 0.15) is 11.6 Å². The number of nitrogens with zero attached hydrogens (tertiary/aromatic N) is 1. The molecule has 0 spiro atoms. The highest BCUT2D eigenvalue weighted by Crippen LogP contribution is 2.43. The summed E-state index contributed by atoms with van der Waals surface area (Å²) in [6.45, 7) is 0. The summed E-state index contributed by atoms with van der Waals surface area (Å²) in [6, 6.07) is 4.84. The van der Waals surface area contributed by atoms with Crippen molar-refractivity contribution in [1.29, 1.82) is 0 Å². The van der Waals surface area contributed by atoms with Crippen LogP contribution in [0.25, 0.3) is 0 Å². The minimum atomic E-state index is -1.00. The van der Waals surface area contributed by atoms with Crippen LogP contribution in [-0.2, 0) is 5.54 Å². The predicted molar refractivity (Wildman–Crippen MR) is 86.0 cm³/mol. The van der Waals surface area contributed by atoms with Crippen molar-refractivity contribution in [3.05, 3.63) is 58.3 Å². The Morgan fingerprint density at radius 1 is 1.22 bits per heavy atom. The summed E-state index contributed by atoms with van der Waals surface area (Å²) in [6.07, 6.45) is 4.87. The number of pyridine rings is 1. The third kappa shape index (κ3) is 3.06. The van der Waals surface area contributed by atoms with Crippen LogP contribution in [0.1, 0.15) is 24.8 Å². The second kappa shape index (κ2) is 6.23. The molecule has 0 atom stereocenters. The van der Waals surface area contributed by atoms with Crippen LogP contribution in [0.15, 0.2) is 41.1 Å². The van der Waals surface area contributed by atoms with Crippen molar-refractivity contribution in [2.45, 2.75) is 24.8 Å². The van der Waals surface area contributed by atoms with Gasteiger partial charge in [-0.3, -0.25) is 4.98 Å². The molecule has 120 valence electrons. The van der Waals surface area contributed by atoms with Crippen LogP contribution in [0.3, 0.4) is 0 Å². The molecular weight excluding hydrogens is 368 g/mol. The first-order valence-corrected chi connectivity index (χ1v) is 7.94. The van der Waals surface area contributed by atoms with Crippen molar-refractivity contribution in [3.63, 3.8) is 0 Å². The van der Waals surface area contributed by atoms with E-state index < -0.39 is 23.2 Å². The smallest absolute Gasteiger partial charge is 0.319 e. The Balaban J connectivity index is 1.82. The fourth-order valence-corrected chi connectivity index (χ4v) is 3.12. The predicted octanol–water partition coefficient (Wildman–Crippen LogP) is 4.32. The fraction of sp³-hybridized carbons (Fsp3) is 0.250. The van der Waals surface area contributed by atoms with Crippen LogP contribution >= 0.6 is 15.9 Å². The Kier molecular flexibility index (Phi) is 4.30. The lowest BCUT2D eigenvalue weighted by molar-refractivity contribution is 0.175. The lowest BCUT2D eigenvalue weighted by atomic mass is 9.71. The van der Waals surface area contributed by atoms with Gasteiger partial charge in [0, 0.05) is 18.0 Å². The fourth-order valence-electron chi connectivity index (χ4n) is 2.77. The number of nitrogens with one attached hydrogen (secondary N) is 2. The van der Waals surface area contributed by atoms with Gasteiger partial charge in [-0.15, -0.1) is 0 Å². The molecule has 3 rings (SSSR count). The first-order valence-electron chi connectivity index (χ1n) is 7.15. The molecule has 0 bridgehead atoms. The number of halogens is 3. The lowest BCUT2D eigenvalue weighted by Gasteiger charge is -2.43. The summed E-state index contributed by atoms with van der Waals surface area (Å²) >= 11 is 3.28. The number of carbonyl (C=O) groups is 1. The van der Waals surface area contributed by atoms with E-state index in [0.717, 1.165) is 6.42 Å². The molecule has 1 aliphatic rings. The maximum atomic E-state index is 14.1. The number of carbonyl (C=O) groups excluding carboxylic acids is 1. The Hall–Kier alpha value is -2.02. The summed E-state index contributed by atoms with van der Waals surface area (Å²) < 4.78 is 28.8. The molecule has 2 aromatic rings. The summed E-state index contributed by atoms with van der Waals surface area (Å²) in [5.74, 6) is -1.29. The number of amides is 2. The van der Waals surface area contributed by atoms with Crippen LogP contribution in [0.4, 0.5) is 19.3 Å². The van der Waals surface area contributed by atoms with E-state index in [-0.39, 0.29) is 5.56 Å². The largest absolute Gasteiger partial charge is 0.328 e. The van der Waals surface area contributed by atoms with E-state index in [2.05, 4.69) is 31.5 Å². The van der Waals surface area contributed by atoms with Crippen molar-refractivity contribution in [2.24, 2.45) is 0 Å². The van der Waals surface area contributed by atoms with E-state index in [1.807, 2.05) is 0 Å². The Bertz CT molecular complexity index is 730. The third-order valence-electron chi connectivity index (χ3n) is 4.02. The van der Waals surface area contributed by atoms with Gasteiger partial charge in [-0.1, -0.05) is 6.07 Å². The Morgan fingerprint density at radius 2 is 1.91 bits per heavy atom. The highest BCUT2D eigenvalue weighted by Gasteiger charge is 2.44. The van der Waals surface area contributed by atoms with Gasteiger partial charge in [0.15, 0.2) is 0 Å². The van der Waals surface area contributed by atoms with Crippen LogP contribution in [0.5, 0.6) is 0 Å². The van der Waals surface area contributed by atoms with Gasteiger partial charge < -0.3 is 10.6 Å².